The smallest absolute Gasteiger partial charge is 0.246 e. The highest BCUT2D eigenvalue weighted by molar-refractivity contribution is 6.05. The molecular weight excluding hydrogens is 190 g/mol. The molecule has 0 aliphatic heterocycles. The Morgan fingerprint density at radius 2 is 2.13 bits per heavy atom. The second-order valence-corrected chi connectivity index (χ2v) is 3.41. The van der Waals surface area contributed by atoms with E-state index in [2.05, 4.69) is 9.97 Å². The van der Waals surface area contributed by atoms with Gasteiger partial charge >= 0.3 is 0 Å². The SMILES string of the molecule is Cc1ccnc(C(=O)c2nccn2C)c1. The molecule has 4 heteroatoms. The molecule has 76 valence electrons. The topological polar surface area (TPSA) is 47.8 Å². The Labute approximate surface area is 87.6 Å². The van der Waals surface area contributed by atoms with Gasteiger partial charge in [0.25, 0.3) is 0 Å². The molecule has 2 aromatic rings. The highest BCUT2D eigenvalue weighted by atomic mass is 16.1. The number of ketones is 1. The first kappa shape index (κ1) is 9.58. The van der Waals surface area contributed by atoms with Gasteiger partial charge in [-0.15, -0.1) is 0 Å². The van der Waals surface area contributed by atoms with E-state index in [1.54, 1.807) is 36.3 Å². The molecule has 2 rings (SSSR count). The molecule has 0 spiro atoms. The van der Waals surface area contributed by atoms with Crippen LogP contribution in [0.2, 0.25) is 0 Å². The van der Waals surface area contributed by atoms with E-state index in [1.807, 2.05) is 13.0 Å². The lowest BCUT2D eigenvalue weighted by molar-refractivity contribution is 0.102. The van der Waals surface area contributed by atoms with Crippen LogP contribution in [0.3, 0.4) is 0 Å². The minimum absolute atomic E-state index is 0.147. The highest BCUT2D eigenvalue weighted by Gasteiger charge is 2.14. The van der Waals surface area contributed by atoms with Gasteiger partial charge in [-0.25, -0.2) is 4.98 Å². The van der Waals surface area contributed by atoms with Gasteiger partial charge in [0.2, 0.25) is 5.78 Å². The third-order valence-corrected chi connectivity index (χ3v) is 2.17. The van der Waals surface area contributed by atoms with Crippen LogP contribution >= 0.6 is 0 Å². The fourth-order valence-corrected chi connectivity index (χ4v) is 1.36. The first-order valence-electron chi connectivity index (χ1n) is 4.63. The molecule has 0 radical (unpaired) electrons. The molecule has 0 aromatic carbocycles. The Balaban J connectivity index is 2.41. The van der Waals surface area contributed by atoms with Crippen molar-refractivity contribution in [1.82, 2.24) is 14.5 Å². The number of carbonyl (C=O) groups is 1. The number of nitrogens with zero attached hydrogens (tertiary/aromatic N) is 3. The van der Waals surface area contributed by atoms with Crippen LogP contribution in [0.1, 0.15) is 21.9 Å². The first-order valence-corrected chi connectivity index (χ1v) is 4.63. The number of imidazole rings is 1. The van der Waals surface area contributed by atoms with Crippen molar-refractivity contribution in [2.45, 2.75) is 6.92 Å². The average Bonchev–Trinajstić information content (AvgIpc) is 2.63. The van der Waals surface area contributed by atoms with E-state index in [9.17, 15) is 4.79 Å². The predicted molar refractivity (Wildman–Crippen MR) is 55.6 cm³/mol. The molecule has 15 heavy (non-hydrogen) atoms. The summed E-state index contributed by atoms with van der Waals surface area (Å²) in [6, 6.07) is 3.62. The van der Waals surface area contributed by atoms with Crippen LogP contribution in [0.5, 0.6) is 0 Å². The normalized spacial score (nSPS) is 10.3. The Morgan fingerprint density at radius 1 is 1.33 bits per heavy atom. The molecule has 0 N–H and O–H groups in total. The minimum atomic E-state index is -0.147. The summed E-state index contributed by atoms with van der Waals surface area (Å²) in [5.41, 5.74) is 1.45. The van der Waals surface area contributed by atoms with Crippen LogP contribution in [-0.4, -0.2) is 20.3 Å². The monoisotopic (exact) mass is 201 g/mol. The van der Waals surface area contributed by atoms with Crippen molar-refractivity contribution >= 4 is 5.78 Å². The van der Waals surface area contributed by atoms with E-state index >= 15 is 0 Å². The Kier molecular flexibility index (Phi) is 2.33. The fourth-order valence-electron chi connectivity index (χ4n) is 1.36. The van der Waals surface area contributed by atoms with Crippen LogP contribution in [-0.2, 0) is 7.05 Å². The molecule has 2 aromatic heterocycles. The van der Waals surface area contributed by atoms with E-state index in [0.29, 0.717) is 11.5 Å². The molecular formula is C11H11N3O. The standard InChI is InChI=1S/C11H11N3O/c1-8-3-4-12-9(7-8)10(15)11-13-5-6-14(11)2/h3-7H,1-2H3. The summed E-state index contributed by atoms with van der Waals surface area (Å²) in [5.74, 6) is 0.263. The van der Waals surface area contributed by atoms with Crippen molar-refractivity contribution in [3.8, 4) is 0 Å². The summed E-state index contributed by atoms with van der Waals surface area (Å²) in [5, 5.41) is 0. The summed E-state index contributed by atoms with van der Waals surface area (Å²) in [6.07, 6.45) is 4.97. The number of hydrogen-bond donors (Lipinski definition) is 0. The first-order chi connectivity index (χ1) is 7.18. The van der Waals surface area contributed by atoms with Gasteiger partial charge in [-0.2, -0.15) is 0 Å². The lowest BCUT2D eigenvalue weighted by atomic mass is 10.2. The molecule has 0 saturated heterocycles. The number of carbonyl (C=O) groups excluding carboxylic acids is 1. The number of rotatable bonds is 2. The van der Waals surface area contributed by atoms with Gasteiger partial charge in [-0.1, -0.05) is 0 Å². The van der Waals surface area contributed by atoms with Crippen LogP contribution in [0.25, 0.3) is 0 Å². The van der Waals surface area contributed by atoms with Gasteiger partial charge in [0.05, 0.1) is 0 Å². The number of aryl methyl sites for hydroxylation is 2. The molecule has 0 unspecified atom stereocenters. The molecule has 0 saturated carbocycles. The number of aromatic nitrogens is 3. The van der Waals surface area contributed by atoms with Crippen molar-refractivity contribution in [2.75, 3.05) is 0 Å². The van der Waals surface area contributed by atoms with Crippen LogP contribution in [0, 0.1) is 6.92 Å². The van der Waals surface area contributed by atoms with Crippen molar-refractivity contribution < 1.29 is 4.79 Å². The molecule has 0 bridgehead atoms. The van der Waals surface area contributed by atoms with Crippen molar-refractivity contribution in [2.24, 2.45) is 7.05 Å². The van der Waals surface area contributed by atoms with Crippen LogP contribution < -0.4 is 0 Å². The zero-order chi connectivity index (χ0) is 10.8. The largest absolute Gasteiger partial charge is 0.331 e. The summed E-state index contributed by atoms with van der Waals surface area (Å²) in [7, 11) is 1.79. The molecule has 0 amide bonds. The van der Waals surface area contributed by atoms with Gasteiger partial charge < -0.3 is 4.57 Å². The zero-order valence-electron chi connectivity index (χ0n) is 8.64. The van der Waals surface area contributed by atoms with Gasteiger partial charge in [0.15, 0.2) is 5.82 Å². The quantitative estimate of drug-likeness (QED) is 0.689. The molecule has 2 heterocycles. The van der Waals surface area contributed by atoms with Gasteiger partial charge in [-0.3, -0.25) is 9.78 Å². The summed E-state index contributed by atoms with van der Waals surface area (Å²) >= 11 is 0. The number of hydrogen-bond acceptors (Lipinski definition) is 3. The minimum Gasteiger partial charge on any atom is -0.331 e. The van der Waals surface area contributed by atoms with E-state index in [-0.39, 0.29) is 5.78 Å². The second-order valence-electron chi connectivity index (χ2n) is 3.41. The maximum absolute atomic E-state index is 11.9. The predicted octanol–water partition coefficient (Wildman–Crippen LogP) is 1.35. The third-order valence-electron chi connectivity index (χ3n) is 2.17. The fraction of sp³-hybridized carbons (Fsp3) is 0.182. The van der Waals surface area contributed by atoms with E-state index in [0.717, 1.165) is 5.56 Å². The highest BCUT2D eigenvalue weighted by Crippen LogP contribution is 2.06. The summed E-state index contributed by atoms with van der Waals surface area (Å²) in [6.45, 7) is 1.93. The van der Waals surface area contributed by atoms with Gasteiger partial charge in [0.1, 0.15) is 5.69 Å². The molecule has 0 aliphatic rings. The van der Waals surface area contributed by atoms with Crippen LogP contribution in [0.15, 0.2) is 30.7 Å². The van der Waals surface area contributed by atoms with Crippen molar-refractivity contribution in [3.05, 3.63) is 47.8 Å². The van der Waals surface area contributed by atoms with Gasteiger partial charge in [-0.05, 0) is 24.6 Å². The van der Waals surface area contributed by atoms with E-state index in [4.69, 9.17) is 0 Å². The average molecular weight is 201 g/mol. The molecule has 0 aliphatic carbocycles. The maximum atomic E-state index is 11.9. The summed E-state index contributed by atoms with van der Waals surface area (Å²) < 4.78 is 1.69. The second kappa shape index (κ2) is 3.65. The van der Waals surface area contributed by atoms with Gasteiger partial charge in [0, 0.05) is 25.6 Å². The summed E-state index contributed by atoms with van der Waals surface area (Å²) in [4.78, 5) is 20.0. The maximum Gasteiger partial charge on any atom is 0.246 e. The lowest BCUT2D eigenvalue weighted by Gasteiger charge is -2.00. The number of pyridine rings is 1. The Hall–Kier alpha value is -1.97. The Bertz CT molecular complexity index is 502. The van der Waals surface area contributed by atoms with Crippen molar-refractivity contribution in [1.29, 1.82) is 0 Å². The molecule has 0 fully saturated rings. The Morgan fingerprint density at radius 3 is 2.73 bits per heavy atom. The lowest BCUT2D eigenvalue weighted by Crippen LogP contribution is -2.10. The molecule has 4 nitrogen and oxygen atoms in total. The van der Waals surface area contributed by atoms with Crippen molar-refractivity contribution in [3.63, 3.8) is 0 Å². The van der Waals surface area contributed by atoms with E-state index < -0.39 is 0 Å². The third kappa shape index (κ3) is 1.79. The molecule has 0 atom stereocenters. The van der Waals surface area contributed by atoms with Crippen LogP contribution in [0.4, 0.5) is 0 Å². The van der Waals surface area contributed by atoms with E-state index in [1.165, 1.54) is 0 Å². The zero-order valence-corrected chi connectivity index (χ0v) is 8.64.